The second-order valence-corrected chi connectivity index (χ2v) is 5.62. The molecule has 0 atom stereocenters. The molecule has 1 rings (SSSR count). The molecule has 88 valence electrons. The second-order valence-electron chi connectivity index (χ2n) is 3.36. The summed E-state index contributed by atoms with van der Waals surface area (Å²) in [6.45, 7) is -0.0429. The van der Waals surface area contributed by atoms with E-state index in [4.69, 9.17) is 5.11 Å². The first-order valence-corrected chi connectivity index (χ1v) is 6.48. The quantitative estimate of drug-likeness (QED) is 0.778. The van der Waals surface area contributed by atoms with Crippen molar-refractivity contribution in [3.63, 3.8) is 0 Å². The third-order valence-corrected chi connectivity index (χ3v) is 2.88. The van der Waals surface area contributed by atoms with Crippen LogP contribution in [0.25, 0.3) is 0 Å². The Kier molecular flexibility index (Phi) is 3.48. The predicted molar refractivity (Wildman–Crippen MR) is 57.4 cm³/mol. The summed E-state index contributed by atoms with van der Waals surface area (Å²) in [6, 6.07) is 2.58. The molecule has 0 aromatic carbocycles. The lowest BCUT2D eigenvalue weighted by Crippen LogP contribution is -2.27. The molecule has 0 unspecified atom stereocenters. The van der Waals surface area contributed by atoms with E-state index < -0.39 is 21.4 Å². The van der Waals surface area contributed by atoms with Crippen molar-refractivity contribution in [2.24, 2.45) is 0 Å². The number of nitrogens with zero attached hydrogens (tertiary/aromatic N) is 1. The number of sulfone groups is 1. The largest absolute Gasteiger partial charge is 0.477 e. The van der Waals surface area contributed by atoms with E-state index >= 15 is 0 Å². The predicted octanol–water partition coefficient (Wildman–Crippen LogP) is -0.409. The Morgan fingerprint density at radius 3 is 2.62 bits per heavy atom. The van der Waals surface area contributed by atoms with Crippen LogP contribution in [-0.4, -0.2) is 36.1 Å². The fourth-order valence-electron chi connectivity index (χ4n) is 1.14. The number of hydrogen-bond donors (Lipinski definition) is 1. The third kappa shape index (κ3) is 3.20. The third-order valence-electron chi connectivity index (χ3n) is 1.95. The molecular formula is C9H11NO5S. The Bertz CT molecular complexity index is 558. The van der Waals surface area contributed by atoms with Crippen molar-refractivity contribution in [2.45, 2.75) is 6.54 Å². The van der Waals surface area contributed by atoms with Gasteiger partial charge in [-0.25, -0.2) is 13.2 Å². The van der Waals surface area contributed by atoms with Gasteiger partial charge in [-0.15, -0.1) is 0 Å². The highest BCUT2D eigenvalue weighted by molar-refractivity contribution is 7.90. The van der Waals surface area contributed by atoms with E-state index in [-0.39, 0.29) is 17.9 Å². The molecule has 0 aliphatic heterocycles. The molecule has 0 amide bonds. The SMILES string of the molecule is CS(=O)(=O)CCn1cccc(C(=O)O)c1=O. The van der Waals surface area contributed by atoms with E-state index in [1.807, 2.05) is 0 Å². The second kappa shape index (κ2) is 4.48. The Balaban J connectivity index is 3.03. The summed E-state index contributed by atoms with van der Waals surface area (Å²) in [5.41, 5.74) is -1.06. The number of aryl methyl sites for hydroxylation is 1. The van der Waals surface area contributed by atoms with Crippen LogP contribution in [0.3, 0.4) is 0 Å². The molecule has 6 nitrogen and oxygen atoms in total. The van der Waals surface area contributed by atoms with Gasteiger partial charge >= 0.3 is 5.97 Å². The average Bonchev–Trinajstić information content (AvgIpc) is 2.14. The Morgan fingerprint density at radius 1 is 1.50 bits per heavy atom. The van der Waals surface area contributed by atoms with E-state index in [0.717, 1.165) is 10.8 Å². The molecule has 1 aromatic rings. The maximum absolute atomic E-state index is 11.5. The highest BCUT2D eigenvalue weighted by Crippen LogP contribution is 1.93. The summed E-state index contributed by atoms with van der Waals surface area (Å²) in [5.74, 6) is -1.52. The summed E-state index contributed by atoms with van der Waals surface area (Å²) in [4.78, 5) is 22.2. The molecule has 0 aliphatic carbocycles. The van der Waals surface area contributed by atoms with Gasteiger partial charge in [0.25, 0.3) is 5.56 Å². The molecule has 1 N–H and O–H groups in total. The van der Waals surface area contributed by atoms with Crippen LogP contribution in [0, 0.1) is 0 Å². The standard InChI is InChI=1S/C9H11NO5S/c1-16(14,15)6-5-10-4-2-3-7(8(10)11)9(12)13/h2-4H,5-6H2,1H3,(H,12,13). The first-order valence-electron chi connectivity index (χ1n) is 4.42. The van der Waals surface area contributed by atoms with Crippen LogP contribution in [0.15, 0.2) is 23.1 Å². The number of carboxylic acid groups (broad SMARTS) is 1. The molecular weight excluding hydrogens is 234 g/mol. The zero-order chi connectivity index (χ0) is 12.3. The number of aromatic carboxylic acids is 1. The van der Waals surface area contributed by atoms with E-state index in [1.54, 1.807) is 0 Å². The van der Waals surface area contributed by atoms with Crippen molar-refractivity contribution in [1.29, 1.82) is 0 Å². The fraction of sp³-hybridized carbons (Fsp3) is 0.333. The summed E-state index contributed by atoms with van der Waals surface area (Å²) < 4.78 is 22.9. The summed E-state index contributed by atoms with van der Waals surface area (Å²) >= 11 is 0. The highest BCUT2D eigenvalue weighted by atomic mass is 32.2. The molecule has 0 spiro atoms. The Morgan fingerprint density at radius 2 is 2.12 bits per heavy atom. The zero-order valence-electron chi connectivity index (χ0n) is 8.58. The van der Waals surface area contributed by atoms with Crippen LogP contribution in [0.5, 0.6) is 0 Å². The number of rotatable bonds is 4. The normalized spacial score (nSPS) is 11.3. The number of hydrogen-bond acceptors (Lipinski definition) is 4. The zero-order valence-corrected chi connectivity index (χ0v) is 9.40. The van der Waals surface area contributed by atoms with E-state index in [2.05, 4.69) is 0 Å². The van der Waals surface area contributed by atoms with Crippen LogP contribution in [-0.2, 0) is 16.4 Å². The van der Waals surface area contributed by atoms with Gasteiger partial charge in [-0.1, -0.05) is 0 Å². The van der Waals surface area contributed by atoms with Gasteiger partial charge in [0.1, 0.15) is 15.4 Å². The van der Waals surface area contributed by atoms with E-state index in [9.17, 15) is 18.0 Å². The monoisotopic (exact) mass is 245 g/mol. The van der Waals surface area contributed by atoms with Crippen LogP contribution in [0.2, 0.25) is 0 Å². The highest BCUT2D eigenvalue weighted by Gasteiger charge is 2.11. The minimum absolute atomic E-state index is 0.0429. The fourth-order valence-corrected chi connectivity index (χ4v) is 1.67. The van der Waals surface area contributed by atoms with Gasteiger partial charge in [0, 0.05) is 19.0 Å². The van der Waals surface area contributed by atoms with E-state index in [1.165, 1.54) is 18.3 Å². The van der Waals surface area contributed by atoms with Gasteiger partial charge < -0.3 is 9.67 Å². The maximum Gasteiger partial charge on any atom is 0.341 e. The molecule has 7 heteroatoms. The molecule has 0 saturated heterocycles. The Hall–Kier alpha value is -1.63. The lowest BCUT2D eigenvalue weighted by molar-refractivity contribution is 0.0694. The van der Waals surface area contributed by atoms with Crippen LogP contribution >= 0.6 is 0 Å². The van der Waals surface area contributed by atoms with Crippen molar-refractivity contribution in [2.75, 3.05) is 12.0 Å². The molecule has 0 fully saturated rings. The molecule has 1 aromatic heterocycles. The van der Waals surface area contributed by atoms with Gasteiger partial charge in [0.05, 0.1) is 5.75 Å². The molecule has 0 radical (unpaired) electrons. The minimum Gasteiger partial charge on any atom is -0.477 e. The van der Waals surface area contributed by atoms with E-state index in [0.29, 0.717) is 0 Å². The molecule has 1 heterocycles. The summed E-state index contributed by atoms with van der Waals surface area (Å²) in [7, 11) is -3.18. The number of pyridine rings is 1. The van der Waals surface area contributed by atoms with Gasteiger partial charge in [-0.2, -0.15) is 0 Å². The van der Waals surface area contributed by atoms with Crippen molar-refractivity contribution < 1.29 is 18.3 Å². The summed E-state index contributed by atoms with van der Waals surface area (Å²) in [6.07, 6.45) is 2.42. The number of carbonyl (C=O) groups is 1. The smallest absolute Gasteiger partial charge is 0.341 e. The molecule has 0 aliphatic rings. The van der Waals surface area contributed by atoms with Crippen molar-refractivity contribution in [3.8, 4) is 0 Å². The number of carboxylic acids is 1. The minimum atomic E-state index is -3.18. The topological polar surface area (TPSA) is 93.4 Å². The average molecular weight is 245 g/mol. The molecule has 0 bridgehead atoms. The lowest BCUT2D eigenvalue weighted by atomic mass is 10.3. The summed E-state index contributed by atoms with van der Waals surface area (Å²) in [5, 5.41) is 8.69. The van der Waals surface area contributed by atoms with Crippen LogP contribution in [0.1, 0.15) is 10.4 Å². The first-order chi connectivity index (χ1) is 7.31. The van der Waals surface area contributed by atoms with Crippen LogP contribution in [0.4, 0.5) is 0 Å². The maximum atomic E-state index is 11.5. The Labute approximate surface area is 92.1 Å². The van der Waals surface area contributed by atoms with Crippen molar-refractivity contribution in [3.05, 3.63) is 34.2 Å². The van der Waals surface area contributed by atoms with Gasteiger partial charge in [-0.05, 0) is 12.1 Å². The van der Waals surface area contributed by atoms with Gasteiger partial charge in [-0.3, -0.25) is 4.79 Å². The van der Waals surface area contributed by atoms with Crippen LogP contribution < -0.4 is 5.56 Å². The van der Waals surface area contributed by atoms with Gasteiger partial charge in [0.15, 0.2) is 0 Å². The van der Waals surface area contributed by atoms with Crippen molar-refractivity contribution >= 4 is 15.8 Å². The van der Waals surface area contributed by atoms with Crippen molar-refractivity contribution in [1.82, 2.24) is 4.57 Å². The van der Waals surface area contributed by atoms with Gasteiger partial charge in [0.2, 0.25) is 0 Å². The number of aromatic nitrogens is 1. The lowest BCUT2D eigenvalue weighted by Gasteiger charge is -2.04. The first kappa shape index (κ1) is 12.4. The molecule has 0 saturated carbocycles. The molecule has 16 heavy (non-hydrogen) atoms.